The van der Waals surface area contributed by atoms with Gasteiger partial charge in [0.05, 0.1) is 0 Å². The van der Waals surface area contributed by atoms with E-state index in [-0.39, 0.29) is 12.4 Å². The molecule has 0 bridgehead atoms. The van der Waals surface area contributed by atoms with E-state index < -0.39 is 5.82 Å². The molecule has 0 fully saturated rings. The Hall–Kier alpha value is -2.83. The predicted octanol–water partition coefficient (Wildman–Crippen LogP) is 5.93. The summed E-state index contributed by atoms with van der Waals surface area (Å²) in [6, 6.07) is 23.8. The highest BCUT2D eigenvalue weighted by atomic mass is 35.5. The molecule has 1 heterocycles. The number of ether oxygens (including phenoxy) is 1. The molecule has 0 aliphatic rings. The third-order valence-electron chi connectivity index (χ3n) is 4.22. The summed E-state index contributed by atoms with van der Waals surface area (Å²) in [6.45, 7) is 0.0927. The normalized spacial score (nSPS) is 10.8. The van der Waals surface area contributed by atoms with Gasteiger partial charge in [-0.05, 0) is 35.9 Å². The molecule has 146 valence electrons. The van der Waals surface area contributed by atoms with E-state index in [1.165, 1.54) is 17.8 Å². The quantitative estimate of drug-likeness (QED) is 0.344. The molecule has 4 aromatic rings. The molecule has 29 heavy (non-hydrogen) atoms. The highest BCUT2D eigenvalue weighted by Gasteiger charge is 2.16. The fourth-order valence-corrected chi connectivity index (χ4v) is 4.04. The molecule has 0 N–H and O–H groups in total. The van der Waals surface area contributed by atoms with Gasteiger partial charge in [0, 0.05) is 16.5 Å². The maximum absolute atomic E-state index is 13.9. The molecule has 0 amide bonds. The van der Waals surface area contributed by atoms with Crippen LogP contribution in [0.3, 0.4) is 0 Å². The Labute approximate surface area is 177 Å². The second kappa shape index (κ2) is 9.11. The second-order valence-electron chi connectivity index (χ2n) is 6.17. The highest BCUT2D eigenvalue weighted by molar-refractivity contribution is 7.98. The Bertz CT molecular complexity index is 1040. The van der Waals surface area contributed by atoms with E-state index in [9.17, 15) is 4.39 Å². The number of para-hydroxylation sites is 2. The minimum Gasteiger partial charge on any atom is -0.483 e. The van der Waals surface area contributed by atoms with Crippen LogP contribution >= 0.6 is 23.4 Å². The van der Waals surface area contributed by atoms with Crippen LogP contribution in [0.5, 0.6) is 5.75 Å². The zero-order valence-electron chi connectivity index (χ0n) is 15.3. The maximum atomic E-state index is 13.9. The first-order valence-corrected chi connectivity index (χ1v) is 10.3. The summed E-state index contributed by atoms with van der Waals surface area (Å²) in [4.78, 5) is 0. The molecule has 0 aliphatic carbocycles. The Morgan fingerprint density at radius 3 is 2.41 bits per heavy atom. The number of thioether (sulfide) groups is 1. The van der Waals surface area contributed by atoms with Crippen LogP contribution in [-0.2, 0) is 12.4 Å². The lowest BCUT2D eigenvalue weighted by atomic mass is 10.2. The molecule has 4 nitrogen and oxygen atoms in total. The SMILES string of the molecule is Fc1ccccc1OCc1nnc(SCc2ccccc2Cl)n1-c1ccccc1. The minimum absolute atomic E-state index is 0.0927. The van der Waals surface area contributed by atoms with Gasteiger partial charge in [0.15, 0.2) is 22.5 Å². The van der Waals surface area contributed by atoms with Gasteiger partial charge in [0.25, 0.3) is 0 Å². The second-order valence-corrected chi connectivity index (χ2v) is 7.52. The molecule has 0 unspecified atom stereocenters. The molecule has 0 spiro atoms. The first kappa shape index (κ1) is 19.5. The van der Waals surface area contributed by atoms with Crippen LogP contribution in [0.4, 0.5) is 4.39 Å². The van der Waals surface area contributed by atoms with E-state index in [0.717, 1.165) is 11.3 Å². The maximum Gasteiger partial charge on any atom is 0.196 e. The summed E-state index contributed by atoms with van der Waals surface area (Å²) < 4.78 is 21.5. The van der Waals surface area contributed by atoms with E-state index in [4.69, 9.17) is 16.3 Å². The van der Waals surface area contributed by atoms with Crippen molar-refractivity contribution in [3.05, 3.63) is 101 Å². The fraction of sp³-hybridized carbons (Fsp3) is 0.0909. The smallest absolute Gasteiger partial charge is 0.196 e. The van der Waals surface area contributed by atoms with E-state index in [1.54, 1.807) is 18.2 Å². The molecule has 0 saturated heterocycles. The topological polar surface area (TPSA) is 39.9 Å². The van der Waals surface area contributed by atoms with E-state index in [0.29, 0.717) is 21.8 Å². The third kappa shape index (κ3) is 4.60. The first-order chi connectivity index (χ1) is 14.2. The lowest BCUT2D eigenvalue weighted by Gasteiger charge is -2.11. The zero-order valence-corrected chi connectivity index (χ0v) is 16.9. The summed E-state index contributed by atoms with van der Waals surface area (Å²) in [5.74, 6) is 1.01. The predicted molar refractivity (Wildman–Crippen MR) is 113 cm³/mol. The first-order valence-electron chi connectivity index (χ1n) is 8.95. The molecule has 7 heteroatoms. The average molecular weight is 426 g/mol. The molecule has 4 rings (SSSR count). The molecule has 0 saturated carbocycles. The van der Waals surface area contributed by atoms with Gasteiger partial charge in [0.1, 0.15) is 6.61 Å². The van der Waals surface area contributed by atoms with Crippen molar-refractivity contribution in [1.82, 2.24) is 14.8 Å². The number of hydrogen-bond donors (Lipinski definition) is 0. The average Bonchev–Trinajstić information content (AvgIpc) is 3.16. The Balaban J connectivity index is 1.60. The van der Waals surface area contributed by atoms with Gasteiger partial charge in [-0.25, -0.2) is 4.39 Å². The third-order valence-corrected chi connectivity index (χ3v) is 5.57. The van der Waals surface area contributed by atoms with Crippen molar-refractivity contribution in [2.24, 2.45) is 0 Å². The van der Waals surface area contributed by atoms with Crippen molar-refractivity contribution in [1.29, 1.82) is 0 Å². The Morgan fingerprint density at radius 1 is 0.897 bits per heavy atom. The zero-order chi connectivity index (χ0) is 20.1. The Kier molecular flexibility index (Phi) is 6.12. The number of benzene rings is 3. The lowest BCUT2D eigenvalue weighted by Crippen LogP contribution is -2.07. The summed E-state index contributed by atoms with van der Waals surface area (Å²) in [5, 5.41) is 10.0. The van der Waals surface area contributed by atoms with E-state index in [1.807, 2.05) is 59.2 Å². The van der Waals surface area contributed by atoms with Gasteiger partial charge in [-0.3, -0.25) is 4.57 Å². The van der Waals surface area contributed by atoms with Crippen LogP contribution in [-0.4, -0.2) is 14.8 Å². The van der Waals surface area contributed by atoms with E-state index in [2.05, 4.69) is 10.2 Å². The molecular formula is C22H17ClFN3OS. The van der Waals surface area contributed by atoms with Crippen molar-refractivity contribution in [3.8, 4) is 11.4 Å². The summed E-state index contributed by atoms with van der Waals surface area (Å²) >= 11 is 7.80. The number of halogens is 2. The van der Waals surface area contributed by atoms with Crippen LogP contribution < -0.4 is 4.74 Å². The standard InChI is InChI=1S/C22H17ClFN3OS/c23-18-11-5-4-8-16(18)15-29-22-26-25-21(27(22)17-9-2-1-3-10-17)14-28-20-13-7-6-12-19(20)24/h1-13H,14-15H2. The highest BCUT2D eigenvalue weighted by Crippen LogP contribution is 2.28. The minimum atomic E-state index is -0.411. The van der Waals surface area contributed by atoms with Crippen molar-refractivity contribution >= 4 is 23.4 Å². The molecule has 0 radical (unpaired) electrons. The van der Waals surface area contributed by atoms with Crippen LogP contribution in [0.1, 0.15) is 11.4 Å². The van der Waals surface area contributed by atoms with Crippen LogP contribution in [0, 0.1) is 5.82 Å². The van der Waals surface area contributed by atoms with Crippen molar-refractivity contribution in [2.75, 3.05) is 0 Å². The molecule has 0 atom stereocenters. The van der Waals surface area contributed by atoms with Crippen molar-refractivity contribution < 1.29 is 9.13 Å². The van der Waals surface area contributed by atoms with Gasteiger partial charge >= 0.3 is 0 Å². The summed E-state index contributed by atoms with van der Waals surface area (Å²) in [7, 11) is 0. The molecule has 1 aromatic heterocycles. The van der Waals surface area contributed by atoms with Gasteiger partial charge in [-0.2, -0.15) is 0 Å². The Morgan fingerprint density at radius 2 is 1.62 bits per heavy atom. The van der Waals surface area contributed by atoms with E-state index >= 15 is 0 Å². The number of hydrogen-bond acceptors (Lipinski definition) is 4. The van der Waals surface area contributed by atoms with Crippen LogP contribution in [0.25, 0.3) is 5.69 Å². The van der Waals surface area contributed by atoms with Crippen LogP contribution in [0.2, 0.25) is 5.02 Å². The van der Waals surface area contributed by atoms with Crippen molar-refractivity contribution in [2.45, 2.75) is 17.5 Å². The number of nitrogens with zero attached hydrogens (tertiary/aromatic N) is 3. The number of rotatable bonds is 7. The van der Waals surface area contributed by atoms with Gasteiger partial charge < -0.3 is 4.74 Å². The fourth-order valence-electron chi connectivity index (χ4n) is 2.79. The molecule has 3 aromatic carbocycles. The van der Waals surface area contributed by atoms with Crippen molar-refractivity contribution in [3.63, 3.8) is 0 Å². The molecule has 0 aliphatic heterocycles. The van der Waals surface area contributed by atoms with Crippen LogP contribution in [0.15, 0.2) is 84.0 Å². The largest absolute Gasteiger partial charge is 0.483 e. The van der Waals surface area contributed by atoms with Gasteiger partial charge in [-0.1, -0.05) is 71.9 Å². The van der Waals surface area contributed by atoms with Gasteiger partial charge in [-0.15, -0.1) is 10.2 Å². The lowest BCUT2D eigenvalue weighted by molar-refractivity contribution is 0.278. The molecular weight excluding hydrogens is 409 g/mol. The van der Waals surface area contributed by atoms with Gasteiger partial charge in [0.2, 0.25) is 0 Å². The monoisotopic (exact) mass is 425 g/mol. The number of aromatic nitrogens is 3. The summed E-state index contributed by atoms with van der Waals surface area (Å²) in [5.41, 5.74) is 1.93. The summed E-state index contributed by atoms with van der Waals surface area (Å²) in [6.07, 6.45) is 0.